The van der Waals surface area contributed by atoms with E-state index >= 15 is 0 Å². The Balaban J connectivity index is 1.08. The number of carbonyl (C=O) groups is 1. The molecule has 0 radical (unpaired) electrons. The van der Waals surface area contributed by atoms with Gasteiger partial charge in [-0.25, -0.2) is 4.79 Å². The molecule has 0 unspecified atom stereocenters. The zero-order valence-electron chi connectivity index (χ0n) is 21.8. The Hall–Kier alpha value is -3.85. The number of tetrazole rings is 1. The van der Waals surface area contributed by atoms with E-state index in [0.717, 1.165) is 18.8 Å². The van der Waals surface area contributed by atoms with Crippen LogP contribution in [0.15, 0.2) is 48.5 Å². The van der Waals surface area contributed by atoms with Crippen molar-refractivity contribution in [2.45, 2.75) is 24.3 Å². The van der Waals surface area contributed by atoms with Gasteiger partial charge in [-0.2, -0.15) is 4.68 Å². The van der Waals surface area contributed by atoms with Gasteiger partial charge >= 0.3 is 12.0 Å². The maximum atomic E-state index is 11.8. The van der Waals surface area contributed by atoms with Crippen LogP contribution >= 0.6 is 12.2 Å². The minimum atomic E-state index is -0.421. The molecule has 13 nitrogen and oxygen atoms in total. The number of hydrogen-bond donors (Lipinski definition) is 2. The summed E-state index contributed by atoms with van der Waals surface area (Å²) < 4.78 is 30.2. The topological polar surface area (TPSA) is 134 Å². The quantitative estimate of drug-likeness (QED) is 0.318. The smallest absolute Gasteiger partial charge is 0.341 e. The molecule has 3 aromatic rings. The minimum Gasteiger partial charge on any atom is -0.465 e. The molecule has 4 atom stereocenters. The number of anilines is 2. The Morgan fingerprint density at radius 2 is 1.90 bits per heavy atom. The Bertz CT molecular complexity index is 1370. The van der Waals surface area contributed by atoms with Crippen molar-refractivity contribution in [3.63, 3.8) is 0 Å². The van der Waals surface area contributed by atoms with Gasteiger partial charge in [0, 0.05) is 30.5 Å². The normalized spacial score (nSPS) is 23.9. The summed E-state index contributed by atoms with van der Waals surface area (Å²) in [7, 11) is 1.34. The monoisotopic (exact) mass is 567 g/mol. The number of carbonyl (C=O) groups excluding carboxylic acids is 1. The number of thiocarbonyl (C=S) groups is 1. The zero-order chi connectivity index (χ0) is 27.5. The van der Waals surface area contributed by atoms with Crippen LogP contribution in [0.1, 0.15) is 16.4 Å². The summed E-state index contributed by atoms with van der Waals surface area (Å²) in [4.78, 5) is 14.1. The number of rotatable bonds is 7. The molecule has 4 heterocycles. The fourth-order valence-corrected chi connectivity index (χ4v) is 5.39. The molecule has 0 bridgehead atoms. The summed E-state index contributed by atoms with van der Waals surface area (Å²) in [5.74, 6) is 0.214. The van der Waals surface area contributed by atoms with Crippen molar-refractivity contribution in [1.29, 1.82) is 0 Å². The zero-order valence-corrected chi connectivity index (χ0v) is 22.6. The Morgan fingerprint density at radius 3 is 2.75 bits per heavy atom. The second-order valence-corrected chi connectivity index (χ2v) is 9.95. The van der Waals surface area contributed by atoms with Crippen LogP contribution in [0.4, 0.5) is 11.4 Å². The highest BCUT2D eigenvalue weighted by molar-refractivity contribution is 7.80. The third-order valence-electron chi connectivity index (χ3n) is 7.07. The first kappa shape index (κ1) is 26.4. The molecule has 0 spiro atoms. The molecule has 3 aliphatic rings. The molecule has 0 saturated carbocycles. The predicted octanol–water partition coefficient (Wildman–Crippen LogP) is 1.78. The molecule has 0 amide bonds. The number of ether oxygens (including phenoxy) is 5. The first-order valence-corrected chi connectivity index (χ1v) is 13.4. The number of aromatic nitrogens is 4. The Labute approximate surface area is 235 Å². The van der Waals surface area contributed by atoms with E-state index in [-0.39, 0.29) is 30.3 Å². The van der Waals surface area contributed by atoms with Gasteiger partial charge in [0.2, 0.25) is 0 Å². The highest BCUT2D eigenvalue weighted by atomic mass is 32.1. The highest BCUT2D eigenvalue weighted by Crippen LogP contribution is 2.36. The summed E-state index contributed by atoms with van der Waals surface area (Å²) in [5, 5.41) is 18.9. The SMILES string of the molecule is COC(=O)c1cccc(NC(=S)N[C@H]2CO[C@H]3[C@@H]2OC[C@@H]3n2nnnc2Oc2cccc(N3CCOCC3)c2)c1. The van der Waals surface area contributed by atoms with E-state index < -0.39 is 5.97 Å². The minimum absolute atomic E-state index is 0.190. The summed E-state index contributed by atoms with van der Waals surface area (Å²) in [6.45, 7) is 3.80. The number of nitrogens with zero attached hydrogens (tertiary/aromatic N) is 5. The van der Waals surface area contributed by atoms with Gasteiger partial charge in [-0.05, 0) is 53.0 Å². The van der Waals surface area contributed by atoms with Crippen LogP contribution in [-0.2, 0) is 18.9 Å². The second kappa shape index (κ2) is 11.7. The van der Waals surface area contributed by atoms with Crippen LogP contribution < -0.4 is 20.3 Å². The fraction of sp³-hybridized carbons (Fsp3) is 0.423. The standard InChI is InChI=1S/C26H29N7O6S/c1-35-24(34)16-4-2-5-17(12-16)27-25(40)28-20-14-37-23-21(15-38-22(20)23)33-26(29-30-31-33)39-19-7-3-6-18(13-19)32-8-10-36-11-9-32/h2-7,12-13,20-23H,8-11,14-15H2,1H3,(H2,27,28,40)/t20-,21-,22+,23+/m0/s1. The van der Waals surface area contributed by atoms with Gasteiger partial charge in [0.25, 0.3) is 0 Å². The summed E-state index contributed by atoms with van der Waals surface area (Å²) in [6.07, 6.45) is -0.568. The van der Waals surface area contributed by atoms with Crippen LogP contribution in [0.3, 0.4) is 0 Å². The van der Waals surface area contributed by atoms with E-state index in [1.54, 1.807) is 22.9 Å². The first-order valence-electron chi connectivity index (χ1n) is 13.0. The van der Waals surface area contributed by atoms with Crippen molar-refractivity contribution in [3.05, 3.63) is 54.1 Å². The van der Waals surface area contributed by atoms with Gasteiger partial charge in [0.15, 0.2) is 5.11 Å². The molecule has 2 aromatic carbocycles. The highest BCUT2D eigenvalue weighted by Gasteiger charge is 2.50. The molecule has 3 saturated heterocycles. The van der Waals surface area contributed by atoms with E-state index in [0.29, 0.717) is 48.5 Å². The maximum absolute atomic E-state index is 11.8. The van der Waals surface area contributed by atoms with Gasteiger partial charge in [-0.1, -0.05) is 17.2 Å². The van der Waals surface area contributed by atoms with Crippen LogP contribution in [0.2, 0.25) is 0 Å². The van der Waals surface area contributed by atoms with E-state index in [1.807, 2.05) is 30.3 Å². The largest absolute Gasteiger partial charge is 0.465 e. The molecule has 1 aromatic heterocycles. The number of methoxy groups -OCH3 is 1. The van der Waals surface area contributed by atoms with E-state index in [4.69, 9.17) is 35.9 Å². The molecule has 40 heavy (non-hydrogen) atoms. The van der Waals surface area contributed by atoms with E-state index in [2.05, 4.69) is 31.1 Å². The van der Waals surface area contributed by atoms with Gasteiger partial charge in [-0.15, -0.1) is 0 Å². The number of morpholine rings is 1. The first-order chi connectivity index (χ1) is 19.6. The van der Waals surface area contributed by atoms with Gasteiger partial charge in [0.05, 0.1) is 45.1 Å². The van der Waals surface area contributed by atoms with Gasteiger partial charge in [-0.3, -0.25) is 0 Å². The number of fused-ring (bicyclic) bond motifs is 1. The van der Waals surface area contributed by atoms with Gasteiger partial charge in [0.1, 0.15) is 24.0 Å². The van der Waals surface area contributed by atoms with E-state index in [1.165, 1.54) is 7.11 Å². The van der Waals surface area contributed by atoms with Gasteiger partial charge < -0.3 is 39.2 Å². The lowest BCUT2D eigenvalue weighted by molar-refractivity contribution is 0.0600. The molecule has 3 fully saturated rings. The average molecular weight is 568 g/mol. The average Bonchev–Trinajstić information content (AvgIpc) is 3.71. The van der Waals surface area contributed by atoms with E-state index in [9.17, 15) is 4.79 Å². The number of hydrogen-bond acceptors (Lipinski definition) is 11. The molecular weight excluding hydrogens is 538 g/mol. The molecule has 14 heteroatoms. The maximum Gasteiger partial charge on any atom is 0.341 e. The summed E-state index contributed by atoms with van der Waals surface area (Å²) in [5.41, 5.74) is 2.14. The van der Waals surface area contributed by atoms with Crippen molar-refractivity contribution >= 4 is 34.7 Å². The third kappa shape index (κ3) is 5.56. The van der Waals surface area contributed by atoms with Crippen LogP contribution in [0.25, 0.3) is 0 Å². The summed E-state index contributed by atoms with van der Waals surface area (Å²) in [6, 6.07) is 14.5. The number of nitrogens with one attached hydrogen (secondary N) is 2. The predicted molar refractivity (Wildman–Crippen MR) is 147 cm³/mol. The molecular formula is C26H29N7O6S. The van der Waals surface area contributed by atoms with Crippen LogP contribution in [0, 0.1) is 0 Å². The van der Waals surface area contributed by atoms with Crippen molar-refractivity contribution in [3.8, 4) is 11.8 Å². The molecule has 2 N–H and O–H groups in total. The second-order valence-electron chi connectivity index (χ2n) is 9.55. The van der Waals surface area contributed by atoms with Crippen LogP contribution in [0.5, 0.6) is 11.8 Å². The molecule has 6 rings (SSSR count). The van der Waals surface area contributed by atoms with Crippen molar-refractivity contribution in [2.75, 3.05) is 56.8 Å². The lowest BCUT2D eigenvalue weighted by Crippen LogP contribution is -2.45. The lowest BCUT2D eigenvalue weighted by atomic mass is 10.1. The fourth-order valence-electron chi connectivity index (χ4n) is 5.12. The van der Waals surface area contributed by atoms with Crippen LogP contribution in [-0.4, -0.2) is 96.2 Å². The summed E-state index contributed by atoms with van der Waals surface area (Å²) >= 11 is 5.51. The molecule has 210 valence electrons. The van der Waals surface area contributed by atoms with Crippen molar-refractivity contribution in [2.24, 2.45) is 0 Å². The van der Waals surface area contributed by atoms with Crippen molar-refractivity contribution < 1.29 is 28.5 Å². The third-order valence-corrected chi connectivity index (χ3v) is 7.28. The Morgan fingerprint density at radius 1 is 1.07 bits per heavy atom. The molecule has 3 aliphatic heterocycles. The number of benzene rings is 2. The molecule has 0 aliphatic carbocycles. The Kier molecular flexibility index (Phi) is 7.73. The number of esters is 1. The van der Waals surface area contributed by atoms with Crippen molar-refractivity contribution in [1.82, 2.24) is 25.5 Å². The lowest BCUT2D eigenvalue weighted by Gasteiger charge is -2.29.